The Morgan fingerprint density at radius 3 is 2.60 bits per heavy atom. The first kappa shape index (κ1) is 14.6. The van der Waals surface area contributed by atoms with Gasteiger partial charge in [0.2, 0.25) is 0 Å². The van der Waals surface area contributed by atoms with E-state index in [0.29, 0.717) is 0 Å². The zero-order valence-corrected chi connectivity index (χ0v) is 10.5. The van der Waals surface area contributed by atoms with Crippen LogP contribution in [0.5, 0.6) is 5.75 Å². The standard InChI is InChI=1S/C13H14F3NO3/c14-13(15,16)9-3-1-2-4-11(9)20-7-10(12(18)19)17-8-5-6-8/h1-4,8,10,17H,5-7H2,(H,18,19). The Balaban J connectivity index is 2.03. The molecule has 0 aromatic heterocycles. The average molecular weight is 289 g/mol. The van der Waals surface area contributed by atoms with Crippen molar-refractivity contribution < 1.29 is 27.8 Å². The van der Waals surface area contributed by atoms with Gasteiger partial charge in [0.1, 0.15) is 18.4 Å². The second-order valence-corrected chi connectivity index (χ2v) is 4.64. The molecular weight excluding hydrogens is 275 g/mol. The fourth-order valence-electron chi connectivity index (χ4n) is 1.73. The molecule has 110 valence electrons. The van der Waals surface area contributed by atoms with Gasteiger partial charge in [0, 0.05) is 6.04 Å². The van der Waals surface area contributed by atoms with Crippen LogP contribution < -0.4 is 10.1 Å². The number of rotatable bonds is 6. The van der Waals surface area contributed by atoms with E-state index in [1.165, 1.54) is 18.2 Å². The largest absolute Gasteiger partial charge is 0.491 e. The van der Waals surface area contributed by atoms with E-state index in [-0.39, 0.29) is 18.4 Å². The van der Waals surface area contributed by atoms with Crippen LogP contribution >= 0.6 is 0 Å². The van der Waals surface area contributed by atoms with Crippen LogP contribution in [0.1, 0.15) is 18.4 Å². The van der Waals surface area contributed by atoms with E-state index in [2.05, 4.69) is 5.32 Å². The van der Waals surface area contributed by atoms with Crippen molar-refractivity contribution in [2.24, 2.45) is 0 Å². The molecule has 2 rings (SSSR count). The summed E-state index contributed by atoms with van der Waals surface area (Å²) in [5.74, 6) is -1.50. The molecule has 0 amide bonds. The molecule has 0 spiro atoms. The first-order valence-electron chi connectivity index (χ1n) is 6.16. The molecule has 0 bridgehead atoms. The summed E-state index contributed by atoms with van der Waals surface area (Å²) in [6, 6.07) is 3.86. The van der Waals surface area contributed by atoms with Crippen LogP contribution in [0.3, 0.4) is 0 Å². The van der Waals surface area contributed by atoms with Crippen molar-refractivity contribution in [3.05, 3.63) is 29.8 Å². The summed E-state index contributed by atoms with van der Waals surface area (Å²) in [4.78, 5) is 11.0. The molecule has 7 heteroatoms. The number of benzene rings is 1. The van der Waals surface area contributed by atoms with Crippen LogP contribution in [0.4, 0.5) is 13.2 Å². The maximum atomic E-state index is 12.7. The van der Waals surface area contributed by atoms with Gasteiger partial charge in [-0.25, -0.2) is 0 Å². The van der Waals surface area contributed by atoms with Gasteiger partial charge in [-0.1, -0.05) is 12.1 Å². The second-order valence-electron chi connectivity index (χ2n) is 4.64. The van der Waals surface area contributed by atoms with Crippen LogP contribution in [-0.4, -0.2) is 29.8 Å². The maximum Gasteiger partial charge on any atom is 0.419 e. The van der Waals surface area contributed by atoms with Gasteiger partial charge in [-0.15, -0.1) is 0 Å². The molecule has 0 aliphatic heterocycles. The highest BCUT2D eigenvalue weighted by Gasteiger charge is 2.35. The average Bonchev–Trinajstić information content (AvgIpc) is 3.17. The Morgan fingerprint density at radius 2 is 2.05 bits per heavy atom. The van der Waals surface area contributed by atoms with Gasteiger partial charge in [0.25, 0.3) is 0 Å². The van der Waals surface area contributed by atoms with Crippen LogP contribution in [-0.2, 0) is 11.0 Å². The molecule has 1 unspecified atom stereocenters. The molecule has 2 N–H and O–H groups in total. The molecule has 1 aromatic rings. The van der Waals surface area contributed by atoms with Crippen LogP contribution in [0.2, 0.25) is 0 Å². The summed E-state index contributed by atoms with van der Waals surface area (Å²) in [6.45, 7) is -0.348. The highest BCUT2D eigenvalue weighted by molar-refractivity contribution is 5.73. The van der Waals surface area contributed by atoms with E-state index < -0.39 is 23.8 Å². The van der Waals surface area contributed by atoms with Crippen molar-refractivity contribution in [2.45, 2.75) is 31.1 Å². The van der Waals surface area contributed by atoms with Crippen molar-refractivity contribution in [1.82, 2.24) is 5.32 Å². The van der Waals surface area contributed by atoms with Gasteiger partial charge in [-0.05, 0) is 25.0 Å². The summed E-state index contributed by atoms with van der Waals surface area (Å²) < 4.78 is 43.3. The molecule has 0 heterocycles. The first-order valence-corrected chi connectivity index (χ1v) is 6.16. The molecule has 1 saturated carbocycles. The molecule has 1 fully saturated rings. The summed E-state index contributed by atoms with van der Waals surface area (Å²) in [6.07, 6.45) is -2.77. The van der Waals surface area contributed by atoms with Gasteiger partial charge in [0.15, 0.2) is 0 Å². The normalized spacial score (nSPS) is 16.8. The smallest absolute Gasteiger partial charge is 0.419 e. The highest BCUT2D eigenvalue weighted by Crippen LogP contribution is 2.35. The summed E-state index contributed by atoms with van der Waals surface area (Å²) in [5.41, 5.74) is -0.907. The Bertz CT molecular complexity index is 486. The number of carboxylic acid groups (broad SMARTS) is 1. The highest BCUT2D eigenvalue weighted by atomic mass is 19.4. The Hall–Kier alpha value is -1.76. The number of halogens is 3. The zero-order valence-electron chi connectivity index (χ0n) is 10.5. The predicted octanol–water partition coefficient (Wildman–Crippen LogP) is 2.29. The molecule has 1 atom stereocenters. The monoisotopic (exact) mass is 289 g/mol. The Morgan fingerprint density at radius 1 is 1.40 bits per heavy atom. The minimum Gasteiger partial charge on any atom is -0.491 e. The van der Waals surface area contributed by atoms with Crippen molar-refractivity contribution in [2.75, 3.05) is 6.61 Å². The lowest BCUT2D eigenvalue weighted by atomic mass is 10.2. The number of carboxylic acids is 1. The number of nitrogens with one attached hydrogen (secondary N) is 1. The number of ether oxygens (including phenoxy) is 1. The van der Waals surface area contributed by atoms with Crippen molar-refractivity contribution in [1.29, 1.82) is 0 Å². The van der Waals surface area contributed by atoms with Crippen LogP contribution in [0, 0.1) is 0 Å². The zero-order chi connectivity index (χ0) is 14.8. The van der Waals surface area contributed by atoms with E-state index in [0.717, 1.165) is 18.9 Å². The minimum absolute atomic E-state index is 0.123. The third-order valence-corrected chi connectivity index (χ3v) is 2.91. The lowest BCUT2D eigenvalue weighted by Crippen LogP contribution is -2.42. The fraction of sp³-hybridized carbons (Fsp3) is 0.462. The van der Waals surface area contributed by atoms with Gasteiger partial charge >= 0.3 is 12.1 Å². The predicted molar refractivity (Wildman–Crippen MR) is 64.5 cm³/mol. The van der Waals surface area contributed by atoms with Crippen molar-refractivity contribution >= 4 is 5.97 Å². The number of alkyl halides is 3. The number of hydrogen-bond donors (Lipinski definition) is 2. The molecule has 4 nitrogen and oxygen atoms in total. The number of aliphatic carboxylic acids is 1. The lowest BCUT2D eigenvalue weighted by molar-refractivity contribution is -0.140. The third-order valence-electron chi connectivity index (χ3n) is 2.91. The molecule has 1 aliphatic rings. The SMILES string of the molecule is O=C(O)C(COc1ccccc1C(F)(F)F)NC1CC1. The van der Waals surface area contributed by atoms with Crippen molar-refractivity contribution in [3.8, 4) is 5.75 Å². The molecule has 1 aliphatic carbocycles. The Labute approximate surface area is 113 Å². The summed E-state index contributed by atoms with van der Waals surface area (Å²) in [5, 5.41) is 11.8. The molecule has 1 aromatic carbocycles. The summed E-state index contributed by atoms with van der Waals surface area (Å²) >= 11 is 0. The van der Waals surface area contributed by atoms with Gasteiger partial charge in [-0.2, -0.15) is 13.2 Å². The quantitative estimate of drug-likeness (QED) is 0.843. The molecule has 0 radical (unpaired) electrons. The first-order chi connectivity index (χ1) is 9.38. The maximum absolute atomic E-state index is 12.7. The second kappa shape index (κ2) is 5.70. The van der Waals surface area contributed by atoms with Crippen LogP contribution in [0.25, 0.3) is 0 Å². The number of hydrogen-bond acceptors (Lipinski definition) is 3. The lowest BCUT2D eigenvalue weighted by Gasteiger charge is -2.17. The third kappa shape index (κ3) is 3.86. The number of para-hydroxylation sites is 1. The Kier molecular flexibility index (Phi) is 4.17. The van der Waals surface area contributed by atoms with Crippen LogP contribution in [0.15, 0.2) is 24.3 Å². The number of carbonyl (C=O) groups is 1. The van der Waals surface area contributed by atoms with Gasteiger partial charge < -0.3 is 9.84 Å². The van der Waals surface area contributed by atoms with E-state index in [9.17, 15) is 18.0 Å². The van der Waals surface area contributed by atoms with E-state index >= 15 is 0 Å². The topological polar surface area (TPSA) is 58.6 Å². The molecule has 20 heavy (non-hydrogen) atoms. The minimum atomic E-state index is -4.53. The molecular formula is C13H14F3NO3. The molecule has 0 saturated heterocycles. The van der Waals surface area contributed by atoms with E-state index in [4.69, 9.17) is 9.84 Å². The van der Waals surface area contributed by atoms with Crippen molar-refractivity contribution in [3.63, 3.8) is 0 Å². The van der Waals surface area contributed by atoms with E-state index in [1.807, 2.05) is 0 Å². The summed E-state index contributed by atoms with van der Waals surface area (Å²) in [7, 11) is 0. The van der Waals surface area contributed by atoms with Gasteiger partial charge in [0.05, 0.1) is 5.56 Å². The van der Waals surface area contributed by atoms with Gasteiger partial charge in [-0.3, -0.25) is 10.1 Å². The fourth-order valence-corrected chi connectivity index (χ4v) is 1.73. The van der Waals surface area contributed by atoms with E-state index in [1.54, 1.807) is 0 Å².